The molecule has 1 aliphatic rings. The zero-order chi connectivity index (χ0) is 24.3. The van der Waals surface area contributed by atoms with Crippen molar-refractivity contribution in [2.45, 2.75) is 69.0 Å². The van der Waals surface area contributed by atoms with Gasteiger partial charge in [0, 0.05) is 40.9 Å². The van der Waals surface area contributed by atoms with Crippen molar-refractivity contribution in [2.75, 3.05) is 18.8 Å². The summed E-state index contributed by atoms with van der Waals surface area (Å²) in [5.74, 6) is 0.365. The fourth-order valence-electron chi connectivity index (χ4n) is 4.21. The average molecular weight is 483 g/mol. The molecule has 1 unspecified atom stereocenters. The van der Waals surface area contributed by atoms with E-state index in [0.717, 1.165) is 30.7 Å². The number of hydrogen-bond donors (Lipinski definition) is 3. The highest BCUT2D eigenvalue weighted by Gasteiger charge is 2.27. The number of benzene rings is 2. The van der Waals surface area contributed by atoms with Crippen molar-refractivity contribution in [3.63, 3.8) is 0 Å². The Balaban J connectivity index is 1.72. The lowest BCUT2D eigenvalue weighted by molar-refractivity contribution is 0.0644. The number of nitrogens with one attached hydrogen (secondary N) is 1. The van der Waals surface area contributed by atoms with E-state index in [1.807, 2.05) is 30.3 Å². The summed E-state index contributed by atoms with van der Waals surface area (Å²) < 4.78 is 0. The standard InChI is InChI=1S/C28H38N2O3S/c1-21-13-8-5-3-4-6-11-18-30(21)19-27(32)25(20-34-23-14-9-7-10-15-23)29-28(33)24-16-12-17-26(31)22(24)2/h7-12,14-17,21,25,27,31-32H,3-6,13,18-20H2,1-2H3,(H,29,33)/t21-,25+,27?/m1/s1. The van der Waals surface area contributed by atoms with Crippen LogP contribution in [0.3, 0.4) is 0 Å². The van der Waals surface area contributed by atoms with Gasteiger partial charge < -0.3 is 15.5 Å². The minimum absolute atomic E-state index is 0.0941. The molecule has 1 amide bonds. The SMILES string of the molecule is Cc1c(O)cccc1C(=O)N[C@@H](CSc1ccccc1)C(O)CN1C[CH]CCCC[CH]C[C@H]1C. The molecule has 0 aromatic heterocycles. The van der Waals surface area contributed by atoms with E-state index < -0.39 is 12.1 Å². The second-order valence-corrected chi connectivity index (χ2v) is 10.2. The molecule has 5 nitrogen and oxygen atoms in total. The van der Waals surface area contributed by atoms with Gasteiger partial charge in [-0.05, 0) is 63.8 Å². The summed E-state index contributed by atoms with van der Waals surface area (Å²) in [4.78, 5) is 16.5. The van der Waals surface area contributed by atoms with Crippen molar-refractivity contribution in [3.8, 4) is 5.75 Å². The molecule has 0 saturated carbocycles. The van der Waals surface area contributed by atoms with E-state index in [1.165, 1.54) is 12.8 Å². The Bertz CT molecular complexity index is 892. The predicted octanol–water partition coefficient (Wildman–Crippen LogP) is 5.02. The number of thioether (sulfide) groups is 1. The minimum Gasteiger partial charge on any atom is -0.508 e. The molecule has 3 atom stereocenters. The number of carbonyl (C=O) groups is 1. The number of carbonyl (C=O) groups excluding carboxylic acids is 1. The van der Waals surface area contributed by atoms with Gasteiger partial charge in [-0.2, -0.15) is 0 Å². The van der Waals surface area contributed by atoms with Gasteiger partial charge in [-0.25, -0.2) is 0 Å². The van der Waals surface area contributed by atoms with Crippen molar-refractivity contribution in [1.82, 2.24) is 10.2 Å². The predicted molar refractivity (Wildman–Crippen MR) is 140 cm³/mol. The lowest BCUT2D eigenvalue weighted by Gasteiger charge is -2.34. The molecule has 1 aliphatic heterocycles. The van der Waals surface area contributed by atoms with Gasteiger partial charge in [0.15, 0.2) is 0 Å². The first kappa shape index (κ1) is 26.6. The second kappa shape index (κ2) is 13.8. The maximum atomic E-state index is 13.1. The Morgan fingerprint density at radius 1 is 1.12 bits per heavy atom. The minimum atomic E-state index is -0.725. The molecule has 34 heavy (non-hydrogen) atoms. The largest absolute Gasteiger partial charge is 0.508 e. The molecule has 0 spiro atoms. The number of amides is 1. The van der Waals surface area contributed by atoms with E-state index in [4.69, 9.17) is 0 Å². The van der Waals surface area contributed by atoms with Gasteiger partial charge >= 0.3 is 0 Å². The molecule has 1 fully saturated rings. The molecule has 3 rings (SSSR count). The number of hydrogen-bond acceptors (Lipinski definition) is 5. The number of phenols is 1. The summed E-state index contributed by atoms with van der Waals surface area (Å²) in [6, 6.07) is 14.9. The average Bonchev–Trinajstić information content (AvgIpc) is 2.84. The van der Waals surface area contributed by atoms with Crippen molar-refractivity contribution >= 4 is 17.7 Å². The van der Waals surface area contributed by atoms with Crippen molar-refractivity contribution < 1.29 is 15.0 Å². The molecule has 0 aliphatic carbocycles. The highest BCUT2D eigenvalue weighted by atomic mass is 32.2. The quantitative estimate of drug-likeness (QED) is 0.461. The third kappa shape index (κ3) is 8.03. The molecule has 0 bridgehead atoms. The van der Waals surface area contributed by atoms with Gasteiger partial charge in [-0.3, -0.25) is 9.69 Å². The molecule has 1 heterocycles. The van der Waals surface area contributed by atoms with Crippen LogP contribution in [0.25, 0.3) is 0 Å². The number of aromatic hydroxyl groups is 1. The summed E-state index contributed by atoms with van der Waals surface area (Å²) >= 11 is 1.62. The van der Waals surface area contributed by atoms with Crippen LogP contribution in [0.4, 0.5) is 0 Å². The van der Waals surface area contributed by atoms with Gasteiger partial charge in [0.25, 0.3) is 5.91 Å². The second-order valence-electron chi connectivity index (χ2n) is 9.12. The highest BCUT2D eigenvalue weighted by Crippen LogP contribution is 2.23. The number of nitrogens with zero attached hydrogens (tertiary/aromatic N) is 1. The molecule has 1 saturated heterocycles. The normalized spacial score (nSPS) is 19.8. The van der Waals surface area contributed by atoms with Crippen LogP contribution in [-0.2, 0) is 0 Å². The zero-order valence-corrected chi connectivity index (χ0v) is 21.1. The number of aliphatic hydroxyl groups is 1. The van der Waals surface area contributed by atoms with Gasteiger partial charge in [0.2, 0.25) is 0 Å². The Kier molecular flexibility index (Phi) is 10.8. The Morgan fingerprint density at radius 3 is 2.62 bits per heavy atom. The molecule has 2 aromatic carbocycles. The maximum absolute atomic E-state index is 13.1. The van der Waals surface area contributed by atoms with Crippen molar-refractivity contribution in [1.29, 1.82) is 0 Å². The molecular formula is C28H38N2O3S. The Hall–Kier alpha value is -2.02. The van der Waals surface area contributed by atoms with Crippen LogP contribution >= 0.6 is 11.8 Å². The van der Waals surface area contributed by atoms with Crippen LogP contribution in [0.2, 0.25) is 0 Å². The van der Waals surface area contributed by atoms with Crippen LogP contribution in [0.1, 0.15) is 54.9 Å². The Labute approximate surface area is 209 Å². The molecule has 6 heteroatoms. The third-order valence-electron chi connectivity index (χ3n) is 6.49. The van der Waals surface area contributed by atoms with E-state index in [1.54, 1.807) is 36.9 Å². The summed E-state index contributed by atoms with van der Waals surface area (Å²) in [5, 5.41) is 24.4. The van der Waals surface area contributed by atoms with E-state index in [0.29, 0.717) is 29.5 Å². The highest BCUT2D eigenvalue weighted by molar-refractivity contribution is 7.99. The van der Waals surface area contributed by atoms with Crippen LogP contribution in [0.15, 0.2) is 53.4 Å². The fraction of sp³-hybridized carbons (Fsp3) is 0.464. The fourth-order valence-corrected chi connectivity index (χ4v) is 5.24. The molecular weight excluding hydrogens is 444 g/mol. The van der Waals surface area contributed by atoms with Gasteiger partial charge in [0.1, 0.15) is 5.75 Å². The number of aliphatic hydroxyl groups excluding tert-OH is 1. The van der Waals surface area contributed by atoms with Gasteiger partial charge in [-0.1, -0.05) is 43.5 Å². The zero-order valence-electron chi connectivity index (χ0n) is 20.3. The summed E-state index contributed by atoms with van der Waals surface area (Å²) in [6.07, 6.45) is 9.64. The number of phenolic OH excluding ortho intramolecular Hbond substituents is 1. The Morgan fingerprint density at radius 2 is 1.85 bits per heavy atom. The molecule has 2 radical (unpaired) electrons. The van der Waals surface area contributed by atoms with Crippen LogP contribution in [0, 0.1) is 19.8 Å². The lowest BCUT2D eigenvalue weighted by Crippen LogP contribution is -2.51. The first-order chi connectivity index (χ1) is 16.5. The maximum Gasteiger partial charge on any atom is 0.252 e. The van der Waals surface area contributed by atoms with Crippen molar-refractivity contribution in [2.24, 2.45) is 0 Å². The smallest absolute Gasteiger partial charge is 0.252 e. The topological polar surface area (TPSA) is 72.8 Å². The van der Waals surface area contributed by atoms with E-state index >= 15 is 0 Å². The van der Waals surface area contributed by atoms with Gasteiger partial charge in [-0.15, -0.1) is 11.8 Å². The van der Waals surface area contributed by atoms with Crippen LogP contribution in [0.5, 0.6) is 5.75 Å². The molecule has 184 valence electrons. The summed E-state index contributed by atoms with van der Waals surface area (Å²) in [6.45, 7) is 5.27. The first-order valence-electron chi connectivity index (χ1n) is 12.3. The van der Waals surface area contributed by atoms with Crippen molar-refractivity contribution in [3.05, 3.63) is 72.5 Å². The summed E-state index contributed by atoms with van der Waals surface area (Å²) in [5.41, 5.74) is 0.969. The number of rotatable bonds is 8. The molecule has 2 aromatic rings. The van der Waals surface area contributed by atoms with E-state index in [2.05, 4.69) is 30.0 Å². The summed E-state index contributed by atoms with van der Waals surface area (Å²) in [7, 11) is 0. The monoisotopic (exact) mass is 482 g/mol. The van der Waals surface area contributed by atoms with Gasteiger partial charge in [0.05, 0.1) is 12.1 Å². The third-order valence-corrected chi connectivity index (χ3v) is 7.62. The molecule has 3 N–H and O–H groups in total. The van der Waals surface area contributed by atoms with E-state index in [-0.39, 0.29) is 11.7 Å². The first-order valence-corrected chi connectivity index (χ1v) is 13.3. The number of β-amino-alcohol motifs (C(OH)–C–C–N with tert-alkyl or cyclic N) is 1. The van der Waals surface area contributed by atoms with Crippen LogP contribution in [-0.4, -0.2) is 58.1 Å². The lowest BCUT2D eigenvalue weighted by atomic mass is 10.0. The van der Waals surface area contributed by atoms with E-state index in [9.17, 15) is 15.0 Å². The van der Waals surface area contributed by atoms with Crippen LogP contribution < -0.4 is 5.32 Å².